The van der Waals surface area contributed by atoms with Gasteiger partial charge in [-0.2, -0.15) is 13.1 Å². The molecule has 1 rings (SSSR count). The summed E-state index contributed by atoms with van der Waals surface area (Å²) in [5.41, 5.74) is 0. The van der Waals surface area contributed by atoms with Crippen molar-refractivity contribution in [3.05, 3.63) is 0 Å². The third kappa shape index (κ3) is 2.35. The minimum absolute atomic E-state index is 0.141. The van der Waals surface area contributed by atoms with E-state index in [9.17, 15) is 8.42 Å². The second-order valence-corrected chi connectivity index (χ2v) is 3.13. The van der Waals surface area contributed by atoms with Gasteiger partial charge in [0.05, 0.1) is 13.2 Å². The molecule has 1 heterocycles. The molecule has 0 unspecified atom stereocenters. The van der Waals surface area contributed by atoms with Crippen molar-refractivity contribution >= 4 is 10.3 Å². The van der Waals surface area contributed by atoms with Gasteiger partial charge in [-0.05, 0) is 0 Å². The van der Waals surface area contributed by atoms with E-state index >= 15 is 0 Å². The maximum absolute atomic E-state index is 10.6. The maximum Gasteiger partial charge on any atom is 0.336 e. The van der Waals surface area contributed by atoms with E-state index in [0.717, 1.165) is 0 Å². The van der Waals surface area contributed by atoms with Gasteiger partial charge in [-0.3, -0.25) is 4.18 Å². The molecule has 1 aliphatic rings. The fourth-order valence-electron chi connectivity index (χ4n) is 0.519. The van der Waals surface area contributed by atoms with Crippen LogP contribution in [-0.2, 0) is 14.5 Å². The molecular weight excluding hydrogens is 154 g/mol. The van der Waals surface area contributed by atoms with E-state index in [4.69, 9.17) is 0 Å². The van der Waals surface area contributed by atoms with Crippen LogP contribution in [0.4, 0.5) is 0 Å². The first-order chi connectivity index (χ1) is 4.71. The molecule has 0 saturated heterocycles. The van der Waals surface area contributed by atoms with Crippen LogP contribution in [0.2, 0.25) is 0 Å². The summed E-state index contributed by atoms with van der Waals surface area (Å²) in [5.74, 6) is 5.35. The lowest BCUT2D eigenvalue weighted by atomic mass is 10.4. The zero-order valence-corrected chi connectivity index (χ0v) is 6.07. The highest BCUT2D eigenvalue weighted by molar-refractivity contribution is 7.84. The monoisotopic (exact) mass is 161 g/mol. The molecule has 0 aliphatic carbocycles. The highest BCUT2D eigenvalue weighted by Gasteiger charge is 2.08. The summed E-state index contributed by atoms with van der Waals surface area (Å²) >= 11 is 0. The topological polar surface area (TPSA) is 55.4 Å². The van der Waals surface area contributed by atoms with E-state index in [2.05, 4.69) is 20.7 Å². The van der Waals surface area contributed by atoms with Crippen molar-refractivity contribution in [2.75, 3.05) is 13.2 Å². The molecule has 5 heteroatoms. The lowest BCUT2D eigenvalue weighted by molar-refractivity contribution is 0.319. The average Bonchev–Trinajstić information content (AvgIpc) is 1.81. The van der Waals surface area contributed by atoms with E-state index in [-0.39, 0.29) is 13.2 Å². The van der Waals surface area contributed by atoms with Crippen LogP contribution in [0.3, 0.4) is 0 Å². The third-order valence-corrected chi connectivity index (χ3v) is 1.90. The Hall–Kier alpha value is -0.570. The predicted octanol–water partition coefficient (Wildman–Crippen LogP) is -0.756. The molecule has 0 amide bonds. The van der Waals surface area contributed by atoms with Gasteiger partial charge in [-0.15, -0.1) is 0 Å². The van der Waals surface area contributed by atoms with E-state index < -0.39 is 10.3 Å². The molecule has 0 atom stereocenters. The van der Waals surface area contributed by atoms with Gasteiger partial charge in [0.2, 0.25) is 0 Å². The van der Waals surface area contributed by atoms with Gasteiger partial charge in [0, 0.05) is 6.42 Å². The maximum atomic E-state index is 10.6. The van der Waals surface area contributed by atoms with Crippen molar-refractivity contribution in [1.29, 1.82) is 0 Å². The molecule has 0 radical (unpaired) electrons. The third-order valence-electron chi connectivity index (χ3n) is 0.928. The first-order valence-corrected chi connectivity index (χ1v) is 4.21. The second-order valence-electron chi connectivity index (χ2n) is 1.70. The van der Waals surface area contributed by atoms with Crippen LogP contribution in [0.15, 0.2) is 0 Å². The molecule has 0 aromatic carbocycles. The van der Waals surface area contributed by atoms with Crippen LogP contribution in [0.1, 0.15) is 6.42 Å². The molecule has 4 nitrogen and oxygen atoms in total. The Morgan fingerprint density at radius 1 is 1.40 bits per heavy atom. The number of rotatable bonds is 0. The van der Waals surface area contributed by atoms with E-state index in [0.29, 0.717) is 6.42 Å². The van der Waals surface area contributed by atoms with Gasteiger partial charge in [-0.1, -0.05) is 11.8 Å². The second kappa shape index (κ2) is 3.01. The van der Waals surface area contributed by atoms with Gasteiger partial charge in [0.25, 0.3) is 0 Å². The van der Waals surface area contributed by atoms with Crippen LogP contribution in [0.5, 0.6) is 0 Å². The van der Waals surface area contributed by atoms with Crippen LogP contribution in [0, 0.1) is 11.8 Å². The number of hydrogen-bond acceptors (Lipinski definition) is 3. The van der Waals surface area contributed by atoms with Crippen LogP contribution in [-0.4, -0.2) is 21.6 Å². The first kappa shape index (κ1) is 7.54. The lowest BCUT2D eigenvalue weighted by Gasteiger charge is -2.04. The number of hydrogen-bond donors (Lipinski definition) is 1. The largest absolute Gasteiger partial charge is 0.336 e. The Balaban J connectivity index is 2.65. The van der Waals surface area contributed by atoms with Crippen LogP contribution in [0.25, 0.3) is 0 Å². The standard InChI is InChI=1S/C5H7NO3S/c7-10(8)6-4-2-1-3-5-9-10/h6H,3-5H2. The van der Waals surface area contributed by atoms with E-state index in [1.54, 1.807) is 0 Å². The Bertz CT molecular complexity index is 258. The highest BCUT2D eigenvalue weighted by atomic mass is 32.2. The zero-order chi connectivity index (χ0) is 7.45. The van der Waals surface area contributed by atoms with Crippen LogP contribution < -0.4 is 4.72 Å². The number of nitrogens with one attached hydrogen (secondary N) is 1. The molecule has 0 aromatic heterocycles. The molecular formula is C5H7NO3S. The summed E-state index contributed by atoms with van der Waals surface area (Å²) in [4.78, 5) is 0. The molecule has 1 N–H and O–H groups in total. The molecule has 10 heavy (non-hydrogen) atoms. The van der Waals surface area contributed by atoms with Crippen molar-refractivity contribution in [3.8, 4) is 11.8 Å². The lowest BCUT2D eigenvalue weighted by Crippen LogP contribution is -2.27. The van der Waals surface area contributed by atoms with E-state index in [1.165, 1.54) is 0 Å². The van der Waals surface area contributed by atoms with Crippen molar-refractivity contribution in [1.82, 2.24) is 4.72 Å². The van der Waals surface area contributed by atoms with Gasteiger partial charge in [-0.25, -0.2) is 0 Å². The quantitative estimate of drug-likeness (QED) is 0.475. The van der Waals surface area contributed by atoms with E-state index in [1.807, 2.05) is 0 Å². The van der Waals surface area contributed by atoms with Gasteiger partial charge in [0.1, 0.15) is 0 Å². The van der Waals surface area contributed by atoms with Crippen LogP contribution >= 0.6 is 0 Å². The fraction of sp³-hybridized carbons (Fsp3) is 0.600. The summed E-state index contributed by atoms with van der Waals surface area (Å²) < 4.78 is 27.8. The first-order valence-electron chi connectivity index (χ1n) is 2.80. The SMILES string of the molecule is O=S1(=O)NCC#CCCO1. The summed E-state index contributed by atoms with van der Waals surface area (Å²) in [5, 5.41) is 0. The van der Waals surface area contributed by atoms with Gasteiger partial charge in [0.15, 0.2) is 0 Å². The molecule has 0 fully saturated rings. The van der Waals surface area contributed by atoms with Crippen molar-refractivity contribution in [2.24, 2.45) is 0 Å². The predicted molar refractivity (Wildman–Crippen MR) is 35.3 cm³/mol. The Labute approximate surface area is 59.8 Å². The molecule has 56 valence electrons. The minimum Gasteiger partial charge on any atom is -0.257 e. The summed E-state index contributed by atoms with van der Waals surface area (Å²) in [6.07, 6.45) is 0.473. The molecule has 0 bridgehead atoms. The molecule has 1 aliphatic heterocycles. The summed E-state index contributed by atoms with van der Waals surface area (Å²) in [6.45, 7) is 0.282. The Morgan fingerprint density at radius 3 is 3.00 bits per heavy atom. The smallest absolute Gasteiger partial charge is 0.257 e. The normalized spacial score (nSPS) is 23.6. The Kier molecular flexibility index (Phi) is 2.27. The highest BCUT2D eigenvalue weighted by Crippen LogP contribution is 1.91. The molecule has 0 aromatic rings. The minimum atomic E-state index is -3.50. The molecule has 0 spiro atoms. The molecule has 0 saturated carbocycles. The fourth-order valence-corrected chi connectivity index (χ4v) is 1.15. The van der Waals surface area contributed by atoms with Crippen molar-refractivity contribution < 1.29 is 12.6 Å². The Morgan fingerprint density at radius 2 is 2.20 bits per heavy atom. The van der Waals surface area contributed by atoms with Gasteiger partial charge >= 0.3 is 10.3 Å². The van der Waals surface area contributed by atoms with Crippen molar-refractivity contribution in [3.63, 3.8) is 0 Å². The van der Waals surface area contributed by atoms with Crippen molar-refractivity contribution in [2.45, 2.75) is 6.42 Å². The van der Waals surface area contributed by atoms with Gasteiger partial charge < -0.3 is 0 Å². The summed E-state index contributed by atoms with van der Waals surface area (Å²) in [6, 6.07) is 0. The average molecular weight is 161 g/mol. The zero-order valence-electron chi connectivity index (χ0n) is 5.25. The summed E-state index contributed by atoms with van der Waals surface area (Å²) in [7, 11) is -3.50.